The third-order valence-corrected chi connectivity index (χ3v) is 4.93. The summed E-state index contributed by atoms with van der Waals surface area (Å²) < 4.78 is 13.3. The van der Waals surface area contributed by atoms with Crippen molar-refractivity contribution in [3.8, 4) is 0 Å². The molecule has 0 spiro atoms. The lowest BCUT2D eigenvalue weighted by Crippen LogP contribution is -2.59. The lowest BCUT2D eigenvalue weighted by atomic mass is 9.80. The van der Waals surface area contributed by atoms with Crippen LogP contribution in [0.3, 0.4) is 0 Å². The fourth-order valence-electron chi connectivity index (χ4n) is 3.29. The van der Waals surface area contributed by atoms with Gasteiger partial charge in [0, 0.05) is 11.6 Å². The van der Waals surface area contributed by atoms with E-state index in [2.05, 4.69) is 45.1 Å². The zero-order valence-electron chi connectivity index (χ0n) is 13.8. The van der Waals surface area contributed by atoms with Crippen LogP contribution in [0, 0.1) is 5.82 Å². The van der Waals surface area contributed by atoms with E-state index in [0.29, 0.717) is 6.04 Å². The molecule has 0 aromatic heterocycles. The standard InChI is InChI=1S/C17H28ClFN2/c1-6-17(7-2,21(4)5)16(20-8-3)12-13-9-10-15(19)14(18)11-13/h9-11,16,20H,6-8,12H2,1-5H3. The summed E-state index contributed by atoms with van der Waals surface area (Å²) in [6.07, 6.45) is 2.96. The van der Waals surface area contributed by atoms with Gasteiger partial charge in [0.2, 0.25) is 0 Å². The van der Waals surface area contributed by atoms with Gasteiger partial charge >= 0.3 is 0 Å². The summed E-state index contributed by atoms with van der Waals surface area (Å²) in [5.41, 5.74) is 1.15. The largest absolute Gasteiger partial charge is 0.312 e. The number of hydrogen-bond donors (Lipinski definition) is 1. The molecular formula is C17H28ClFN2. The molecule has 1 unspecified atom stereocenters. The number of rotatable bonds is 8. The Hall–Kier alpha value is -0.640. The van der Waals surface area contributed by atoms with Gasteiger partial charge in [-0.1, -0.05) is 38.4 Å². The van der Waals surface area contributed by atoms with Crippen molar-refractivity contribution in [2.24, 2.45) is 0 Å². The highest BCUT2D eigenvalue weighted by molar-refractivity contribution is 6.30. The van der Waals surface area contributed by atoms with Crippen LogP contribution in [0.2, 0.25) is 5.02 Å². The van der Waals surface area contributed by atoms with E-state index < -0.39 is 0 Å². The molecule has 0 aliphatic rings. The molecule has 0 heterocycles. The van der Waals surface area contributed by atoms with Crippen LogP contribution in [0.4, 0.5) is 4.39 Å². The molecule has 120 valence electrons. The van der Waals surface area contributed by atoms with Crippen molar-refractivity contribution < 1.29 is 4.39 Å². The van der Waals surface area contributed by atoms with Crippen LogP contribution in [0.15, 0.2) is 18.2 Å². The summed E-state index contributed by atoms with van der Waals surface area (Å²) in [6, 6.07) is 5.33. The molecule has 0 aliphatic carbocycles. The van der Waals surface area contributed by atoms with Gasteiger partial charge in [0.05, 0.1) is 5.02 Å². The van der Waals surface area contributed by atoms with Gasteiger partial charge in [-0.15, -0.1) is 0 Å². The van der Waals surface area contributed by atoms with Crippen molar-refractivity contribution in [2.45, 2.75) is 51.6 Å². The molecule has 2 nitrogen and oxygen atoms in total. The summed E-state index contributed by atoms with van der Waals surface area (Å²) in [7, 11) is 4.27. The SMILES string of the molecule is CCNC(Cc1ccc(F)c(Cl)c1)C(CC)(CC)N(C)C. The first-order chi connectivity index (χ1) is 9.91. The number of halogens is 2. The summed E-state index contributed by atoms with van der Waals surface area (Å²) in [5, 5.41) is 3.81. The Morgan fingerprint density at radius 2 is 1.86 bits per heavy atom. The van der Waals surface area contributed by atoms with Gasteiger partial charge in [0.25, 0.3) is 0 Å². The van der Waals surface area contributed by atoms with Crippen molar-refractivity contribution in [1.29, 1.82) is 0 Å². The highest BCUT2D eigenvalue weighted by atomic mass is 35.5. The van der Waals surface area contributed by atoms with Gasteiger partial charge < -0.3 is 10.2 Å². The Morgan fingerprint density at radius 3 is 2.29 bits per heavy atom. The summed E-state index contributed by atoms with van der Waals surface area (Å²) in [6.45, 7) is 7.49. The highest BCUT2D eigenvalue weighted by Gasteiger charge is 2.37. The second-order valence-electron chi connectivity index (χ2n) is 5.77. The molecule has 0 radical (unpaired) electrons. The number of likely N-dealkylation sites (N-methyl/N-ethyl adjacent to an activating group) is 2. The molecule has 1 aromatic rings. The van der Waals surface area contributed by atoms with E-state index in [4.69, 9.17) is 11.6 Å². The molecular weight excluding hydrogens is 287 g/mol. The first-order valence-corrected chi connectivity index (χ1v) is 8.13. The van der Waals surface area contributed by atoms with E-state index in [9.17, 15) is 4.39 Å². The number of benzene rings is 1. The third-order valence-electron chi connectivity index (χ3n) is 4.64. The van der Waals surface area contributed by atoms with Crippen molar-refractivity contribution >= 4 is 11.6 Å². The summed E-state index contributed by atoms with van der Waals surface area (Å²) in [4.78, 5) is 2.31. The van der Waals surface area contributed by atoms with Gasteiger partial charge in [-0.2, -0.15) is 0 Å². The molecule has 0 bridgehead atoms. The first kappa shape index (κ1) is 18.4. The highest BCUT2D eigenvalue weighted by Crippen LogP contribution is 2.29. The lowest BCUT2D eigenvalue weighted by molar-refractivity contribution is 0.0889. The Balaban J connectivity index is 3.07. The maximum atomic E-state index is 13.3. The average Bonchev–Trinajstić information content (AvgIpc) is 2.44. The molecule has 0 fully saturated rings. The van der Waals surface area contributed by atoms with Crippen LogP contribution in [-0.4, -0.2) is 37.1 Å². The predicted molar refractivity (Wildman–Crippen MR) is 89.6 cm³/mol. The minimum atomic E-state index is -0.356. The maximum Gasteiger partial charge on any atom is 0.141 e. The summed E-state index contributed by atoms with van der Waals surface area (Å²) in [5.74, 6) is -0.356. The summed E-state index contributed by atoms with van der Waals surface area (Å²) >= 11 is 5.91. The van der Waals surface area contributed by atoms with Crippen molar-refractivity contribution in [3.63, 3.8) is 0 Å². The number of nitrogens with zero attached hydrogens (tertiary/aromatic N) is 1. The van der Waals surface area contributed by atoms with E-state index >= 15 is 0 Å². The van der Waals surface area contributed by atoms with Gasteiger partial charge in [-0.05, 0) is 57.6 Å². The van der Waals surface area contributed by atoms with Crippen molar-refractivity contribution in [3.05, 3.63) is 34.6 Å². The van der Waals surface area contributed by atoms with Gasteiger partial charge in [-0.25, -0.2) is 4.39 Å². The smallest absolute Gasteiger partial charge is 0.141 e. The molecule has 21 heavy (non-hydrogen) atoms. The Kier molecular flexibility index (Phi) is 7.11. The van der Waals surface area contributed by atoms with Crippen LogP contribution in [0.1, 0.15) is 39.2 Å². The molecule has 0 saturated carbocycles. The maximum absolute atomic E-state index is 13.3. The minimum absolute atomic E-state index is 0.0802. The molecule has 0 saturated heterocycles. The van der Waals surface area contributed by atoms with Crippen molar-refractivity contribution in [1.82, 2.24) is 10.2 Å². The Morgan fingerprint density at radius 1 is 1.24 bits per heavy atom. The zero-order valence-corrected chi connectivity index (χ0v) is 14.6. The molecule has 4 heteroatoms. The Labute approximate surface area is 133 Å². The predicted octanol–water partition coefficient (Wildman–Crippen LogP) is 4.12. The quantitative estimate of drug-likeness (QED) is 0.776. The van der Waals surface area contributed by atoms with Crippen LogP contribution < -0.4 is 5.32 Å². The molecule has 1 rings (SSSR count). The number of nitrogens with one attached hydrogen (secondary N) is 1. The van der Waals surface area contributed by atoms with E-state index in [1.807, 2.05) is 6.07 Å². The van der Waals surface area contributed by atoms with Crippen molar-refractivity contribution in [2.75, 3.05) is 20.6 Å². The fraction of sp³-hybridized carbons (Fsp3) is 0.647. The normalized spacial score (nSPS) is 13.7. The average molecular weight is 315 g/mol. The molecule has 1 atom stereocenters. The zero-order chi connectivity index (χ0) is 16.0. The third kappa shape index (κ3) is 4.18. The van der Waals surface area contributed by atoms with Gasteiger partial charge in [0.1, 0.15) is 5.82 Å². The van der Waals surface area contributed by atoms with Gasteiger partial charge in [0.15, 0.2) is 0 Å². The van der Waals surface area contributed by atoms with E-state index in [-0.39, 0.29) is 16.4 Å². The lowest BCUT2D eigenvalue weighted by Gasteiger charge is -2.45. The molecule has 1 aromatic carbocycles. The minimum Gasteiger partial charge on any atom is -0.312 e. The first-order valence-electron chi connectivity index (χ1n) is 7.76. The van der Waals surface area contributed by atoms with Crippen LogP contribution in [0.25, 0.3) is 0 Å². The van der Waals surface area contributed by atoms with Crippen LogP contribution in [-0.2, 0) is 6.42 Å². The molecule has 0 amide bonds. The molecule has 0 aliphatic heterocycles. The fourth-order valence-corrected chi connectivity index (χ4v) is 3.49. The van der Waals surface area contributed by atoms with Crippen LogP contribution in [0.5, 0.6) is 0 Å². The monoisotopic (exact) mass is 314 g/mol. The molecule has 1 N–H and O–H groups in total. The van der Waals surface area contributed by atoms with Crippen LogP contribution >= 0.6 is 11.6 Å². The van der Waals surface area contributed by atoms with Gasteiger partial charge in [-0.3, -0.25) is 0 Å². The van der Waals surface area contributed by atoms with E-state index in [1.54, 1.807) is 6.07 Å². The van der Waals surface area contributed by atoms with E-state index in [1.165, 1.54) is 6.07 Å². The topological polar surface area (TPSA) is 15.3 Å². The Bertz CT molecular complexity index is 444. The van der Waals surface area contributed by atoms with E-state index in [0.717, 1.165) is 31.4 Å². The second kappa shape index (κ2) is 8.11. The second-order valence-corrected chi connectivity index (χ2v) is 6.18. The number of hydrogen-bond acceptors (Lipinski definition) is 2.